The van der Waals surface area contributed by atoms with Crippen molar-refractivity contribution in [2.45, 2.75) is 25.7 Å². The highest BCUT2D eigenvalue weighted by Crippen LogP contribution is 2.38. The smallest absolute Gasteiger partial charge is 0.275 e. The monoisotopic (exact) mass is 332 g/mol. The van der Waals surface area contributed by atoms with Gasteiger partial charge in [-0.15, -0.1) is 5.10 Å². The molecule has 102 valence electrons. The van der Waals surface area contributed by atoms with Crippen molar-refractivity contribution in [3.8, 4) is 0 Å². The van der Waals surface area contributed by atoms with Crippen LogP contribution >= 0.6 is 15.9 Å². The van der Waals surface area contributed by atoms with E-state index in [0.717, 1.165) is 15.7 Å². The minimum atomic E-state index is -0.275. The highest BCUT2D eigenvalue weighted by Gasteiger charge is 2.25. The molecular formula is C14H13BrN4O. The second-order valence-corrected chi connectivity index (χ2v) is 5.81. The number of amides is 1. The lowest BCUT2D eigenvalue weighted by Gasteiger charge is -2.06. The number of aromatic nitrogens is 3. The molecule has 0 aromatic carbocycles. The van der Waals surface area contributed by atoms with Gasteiger partial charge >= 0.3 is 0 Å². The minimum Gasteiger partial charge on any atom is -0.304 e. The van der Waals surface area contributed by atoms with Crippen molar-refractivity contribution in [2.24, 2.45) is 0 Å². The van der Waals surface area contributed by atoms with E-state index in [1.54, 1.807) is 12.3 Å². The average Bonchev–Trinajstić information content (AvgIpc) is 3.23. The van der Waals surface area contributed by atoms with Crippen LogP contribution in [0.5, 0.6) is 0 Å². The Kier molecular flexibility index (Phi) is 3.48. The summed E-state index contributed by atoms with van der Waals surface area (Å²) in [6.07, 6.45) is 3.97. The predicted molar refractivity (Wildman–Crippen MR) is 78.6 cm³/mol. The Balaban J connectivity index is 1.74. The molecule has 1 N–H and O–H groups in total. The Bertz CT molecular complexity index is 653. The van der Waals surface area contributed by atoms with E-state index in [9.17, 15) is 4.79 Å². The third-order valence-electron chi connectivity index (χ3n) is 3.18. The number of nitrogens with one attached hydrogen (secondary N) is 1. The Hall–Kier alpha value is -1.82. The zero-order valence-electron chi connectivity index (χ0n) is 10.9. The number of rotatable bonds is 3. The van der Waals surface area contributed by atoms with Gasteiger partial charge in [0.25, 0.3) is 5.91 Å². The van der Waals surface area contributed by atoms with Crippen molar-refractivity contribution >= 4 is 27.7 Å². The van der Waals surface area contributed by atoms with Crippen LogP contribution in [0, 0.1) is 6.92 Å². The largest absolute Gasteiger partial charge is 0.304 e. The van der Waals surface area contributed by atoms with E-state index >= 15 is 0 Å². The van der Waals surface area contributed by atoms with Gasteiger partial charge in [0.2, 0.25) is 0 Å². The Morgan fingerprint density at radius 3 is 2.75 bits per heavy atom. The zero-order valence-corrected chi connectivity index (χ0v) is 12.5. The molecule has 0 unspecified atom stereocenters. The topological polar surface area (TPSA) is 67.8 Å². The SMILES string of the molecule is Cc1cc(Br)cnc1C(=O)Nc1ccc(C2CC2)nn1. The number of aryl methyl sites for hydroxylation is 1. The van der Waals surface area contributed by atoms with Gasteiger partial charge in [0.15, 0.2) is 5.82 Å². The van der Waals surface area contributed by atoms with Crippen LogP contribution in [0.2, 0.25) is 0 Å². The van der Waals surface area contributed by atoms with Crippen molar-refractivity contribution in [1.29, 1.82) is 0 Å². The number of pyridine rings is 1. The second kappa shape index (κ2) is 5.28. The van der Waals surface area contributed by atoms with Gasteiger partial charge in [-0.1, -0.05) is 0 Å². The molecule has 1 aliphatic carbocycles. The van der Waals surface area contributed by atoms with Gasteiger partial charge in [0.05, 0.1) is 5.69 Å². The number of halogens is 1. The summed E-state index contributed by atoms with van der Waals surface area (Å²) < 4.78 is 0.847. The highest BCUT2D eigenvalue weighted by molar-refractivity contribution is 9.10. The molecule has 0 bridgehead atoms. The van der Waals surface area contributed by atoms with Gasteiger partial charge in [-0.25, -0.2) is 4.98 Å². The van der Waals surface area contributed by atoms with Gasteiger partial charge in [-0.2, -0.15) is 5.10 Å². The molecule has 0 spiro atoms. The van der Waals surface area contributed by atoms with Gasteiger partial charge < -0.3 is 5.32 Å². The Morgan fingerprint density at radius 1 is 1.35 bits per heavy atom. The molecule has 1 saturated carbocycles. The van der Waals surface area contributed by atoms with Gasteiger partial charge in [-0.05, 0) is 59.5 Å². The molecule has 0 radical (unpaired) electrons. The summed E-state index contributed by atoms with van der Waals surface area (Å²) >= 11 is 3.32. The van der Waals surface area contributed by atoms with Crippen molar-refractivity contribution in [2.75, 3.05) is 5.32 Å². The van der Waals surface area contributed by atoms with Crippen LogP contribution < -0.4 is 5.32 Å². The number of carbonyl (C=O) groups excluding carboxylic acids is 1. The first-order valence-electron chi connectivity index (χ1n) is 6.40. The maximum atomic E-state index is 12.1. The van der Waals surface area contributed by atoms with E-state index in [1.165, 1.54) is 12.8 Å². The quantitative estimate of drug-likeness (QED) is 0.937. The molecule has 1 fully saturated rings. The number of hydrogen-bond donors (Lipinski definition) is 1. The van der Waals surface area contributed by atoms with Crippen LogP contribution in [0.15, 0.2) is 28.9 Å². The van der Waals surface area contributed by atoms with Crippen LogP contribution in [0.3, 0.4) is 0 Å². The van der Waals surface area contributed by atoms with Crippen LogP contribution in [-0.4, -0.2) is 21.1 Å². The average molecular weight is 333 g/mol. The molecule has 0 aliphatic heterocycles. The highest BCUT2D eigenvalue weighted by atomic mass is 79.9. The van der Waals surface area contributed by atoms with Crippen LogP contribution in [0.25, 0.3) is 0 Å². The first kappa shape index (κ1) is 13.2. The molecule has 5 nitrogen and oxygen atoms in total. The normalized spacial score (nSPS) is 14.1. The summed E-state index contributed by atoms with van der Waals surface area (Å²) in [6.45, 7) is 1.84. The van der Waals surface area contributed by atoms with E-state index in [1.807, 2.05) is 19.1 Å². The van der Waals surface area contributed by atoms with E-state index in [-0.39, 0.29) is 5.91 Å². The van der Waals surface area contributed by atoms with Crippen molar-refractivity contribution in [3.05, 3.63) is 45.8 Å². The lowest BCUT2D eigenvalue weighted by atomic mass is 10.2. The lowest BCUT2D eigenvalue weighted by Crippen LogP contribution is -2.16. The summed E-state index contributed by atoms with van der Waals surface area (Å²) in [4.78, 5) is 16.2. The van der Waals surface area contributed by atoms with E-state index < -0.39 is 0 Å². The molecule has 2 heterocycles. The summed E-state index contributed by atoms with van der Waals surface area (Å²) in [6, 6.07) is 5.55. The molecule has 20 heavy (non-hydrogen) atoms. The first-order valence-corrected chi connectivity index (χ1v) is 7.20. The maximum absolute atomic E-state index is 12.1. The van der Waals surface area contributed by atoms with Crippen molar-refractivity contribution in [1.82, 2.24) is 15.2 Å². The number of nitrogens with zero attached hydrogens (tertiary/aromatic N) is 3. The van der Waals surface area contributed by atoms with E-state index in [4.69, 9.17) is 0 Å². The molecule has 0 saturated heterocycles. The number of carbonyl (C=O) groups is 1. The predicted octanol–water partition coefficient (Wildman–Crippen LogP) is 3.07. The molecule has 0 atom stereocenters. The second-order valence-electron chi connectivity index (χ2n) is 4.89. The van der Waals surface area contributed by atoms with Gasteiger partial charge in [0.1, 0.15) is 5.69 Å². The lowest BCUT2D eigenvalue weighted by molar-refractivity contribution is 0.102. The molecule has 1 aliphatic rings. The molecule has 3 rings (SSSR count). The van der Waals surface area contributed by atoms with Gasteiger partial charge in [-0.3, -0.25) is 4.79 Å². The fourth-order valence-corrected chi connectivity index (χ4v) is 2.41. The summed E-state index contributed by atoms with van der Waals surface area (Å²) in [7, 11) is 0. The third-order valence-corrected chi connectivity index (χ3v) is 3.62. The Morgan fingerprint density at radius 2 is 2.15 bits per heavy atom. The van der Waals surface area contributed by atoms with Crippen molar-refractivity contribution < 1.29 is 4.79 Å². The third kappa shape index (κ3) is 2.85. The van der Waals surface area contributed by atoms with Crippen LogP contribution in [0.1, 0.15) is 40.5 Å². The maximum Gasteiger partial charge on any atom is 0.275 e. The standard InChI is InChI=1S/C14H13BrN4O/c1-8-6-10(15)7-16-13(8)14(20)17-12-5-4-11(18-19-12)9-2-3-9/h4-7,9H,2-3H2,1H3,(H,17,19,20). The molecule has 2 aromatic heterocycles. The molecule has 6 heteroatoms. The molecule has 2 aromatic rings. The summed E-state index contributed by atoms with van der Waals surface area (Å²) in [5.74, 6) is 0.731. The first-order chi connectivity index (χ1) is 9.63. The fourth-order valence-electron chi connectivity index (χ4n) is 1.96. The molecular weight excluding hydrogens is 320 g/mol. The zero-order chi connectivity index (χ0) is 14.1. The fraction of sp³-hybridized carbons (Fsp3) is 0.286. The van der Waals surface area contributed by atoms with Crippen molar-refractivity contribution in [3.63, 3.8) is 0 Å². The van der Waals surface area contributed by atoms with Gasteiger partial charge in [0, 0.05) is 16.6 Å². The van der Waals surface area contributed by atoms with E-state index in [0.29, 0.717) is 17.4 Å². The minimum absolute atomic E-state index is 0.275. The number of hydrogen-bond acceptors (Lipinski definition) is 4. The van der Waals surface area contributed by atoms with E-state index in [2.05, 4.69) is 36.4 Å². The summed E-state index contributed by atoms with van der Waals surface area (Å²) in [5, 5.41) is 10.9. The summed E-state index contributed by atoms with van der Waals surface area (Å²) in [5.41, 5.74) is 2.20. The number of anilines is 1. The van der Waals surface area contributed by atoms with Crippen LogP contribution in [-0.2, 0) is 0 Å². The van der Waals surface area contributed by atoms with Crippen LogP contribution in [0.4, 0.5) is 5.82 Å². The molecule has 1 amide bonds. The Labute approximate surface area is 125 Å².